The normalized spacial score (nSPS) is 19.6. The van der Waals surface area contributed by atoms with Crippen molar-refractivity contribution in [3.8, 4) is 17.1 Å². The van der Waals surface area contributed by atoms with E-state index in [-0.39, 0.29) is 5.54 Å². The van der Waals surface area contributed by atoms with Crippen LogP contribution in [0.15, 0.2) is 34.9 Å². The molecule has 0 bridgehead atoms. The molecular weight excluding hydrogens is 439 g/mol. The van der Waals surface area contributed by atoms with Gasteiger partial charge in [-0.15, -0.1) is 0 Å². The Morgan fingerprint density at radius 2 is 1.88 bits per heavy atom. The van der Waals surface area contributed by atoms with E-state index in [1.165, 1.54) is 4.90 Å². The Kier molecular flexibility index (Phi) is 6.56. The fourth-order valence-corrected chi connectivity index (χ4v) is 4.68. The number of rotatable bonds is 5. The number of halogens is 3. The van der Waals surface area contributed by atoms with Gasteiger partial charge in [0, 0.05) is 36.8 Å². The summed E-state index contributed by atoms with van der Waals surface area (Å²) in [5.74, 6) is 1.44. The zero-order chi connectivity index (χ0) is 23.6. The fraction of sp³-hybridized carbons (Fsp3) is 0.565. The Balaban J connectivity index is 1.36. The van der Waals surface area contributed by atoms with Crippen LogP contribution in [0, 0.1) is 0 Å². The number of alkyl halides is 3. The Morgan fingerprint density at radius 1 is 1.18 bits per heavy atom. The summed E-state index contributed by atoms with van der Waals surface area (Å²) >= 11 is 0. The van der Waals surface area contributed by atoms with Crippen LogP contribution in [-0.2, 0) is 11.3 Å². The number of carbonyl (C=O) groups is 1. The molecule has 3 heterocycles. The Labute approximate surface area is 190 Å². The van der Waals surface area contributed by atoms with E-state index in [9.17, 15) is 18.0 Å². The number of hydrogen-bond donors (Lipinski definition) is 0. The number of ether oxygens (including phenoxy) is 2. The van der Waals surface area contributed by atoms with Crippen molar-refractivity contribution in [2.75, 3.05) is 26.7 Å². The zero-order valence-corrected chi connectivity index (χ0v) is 18.7. The summed E-state index contributed by atoms with van der Waals surface area (Å²) in [7, 11) is 1.61. The van der Waals surface area contributed by atoms with Gasteiger partial charge in [0.25, 0.3) is 0 Å². The number of carbonyl (C=O) groups excluding carboxylic acids is 1. The highest BCUT2D eigenvalue weighted by atomic mass is 19.4. The predicted octanol–water partition coefficient (Wildman–Crippen LogP) is 4.87. The number of amides is 1. The maximum absolute atomic E-state index is 12.7. The minimum absolute atomic E-state index is 0.0916. The van der Waals surface area contributed by atoms with Gasteiger partial charge in [0.2, 0.25) is 0 Å². The van der Waals surface area contributed by atoms with E-state index >= 15 is 0 Å². The van der Waals surface area contributed by atoms with Crippen LogP contribution in [-0.4, -0.2) is 65.6 Å². The number of likely N-dealkylation sites (tertiary alicyclic amines) is 2. The van der Waals surface area contributed by atoms with Crippen molar-refractivity contribution in [3.05, 3.63) is 36.0 Å². The van der Waals surface area contributed by atoms with Crippen LogP contribution in [0.2, 0.25) is 0 Å². The molecule has 2 aliphatic heterocycles. The Hall–Kier alpha value is -2.75. The number of aromatic nitrogens is 1. The van der Waals surface area contributed by atoms with E-state index in [1.54, 1.807) is 7.11 Å². The Morgan fingerprint density at radius 3 is 2.52 bits per heavy atom. The molecule has 2 aliphatic rings. The van der Waals surface area contributed by atoms with Crippen LogP contribution in [0.1, 0.15) is 38.3 Å². The van der Waals surface area contributed by atoms with E-state index in [1.807, 2.05) is 30.3 Å². The number of benzene rings is 1. The molecule has 1 amide bonds. The summed E-state index contributed by atoms with van der Waals surface area (Å²) in [4.78, 5) is 15.9. The third-order valence-electron chi connectivity index (χ3n) is 6.72. The van der Waals surface area contributed by atoms with Crippen molar-refractivity contribution in [2.24, 2.45) is 0 Å². The van der Waals surface area contributed by atoms with Gasteiger partial charge in [-0.1, -0.05) is 5.16 Å². The molecule has 1 aromatic carbocycles. The third kappa shape index (κ3) is 5.10. The molecular formula is C23H28F3N3O4. The van der Waals surface area contributed by atoms with Crippen molar-refractivity contribution in [3.63, 3.8) is 0 Å². The first-order valence-corrected chi connectivity index (χ1v) is 11.1. The lowest BCUT2D eigenvalue weighted by Gasteiger charge is -2.44. The fourth-order valence-electron chi connectivity index (χ4n) is 4.68. The minimum Gasteiger partial charge on any atom is -0.497 e. The highest BCUT2D eigenvalue weighted by Gasteiger charge is 2.45. The summed E-state index contributed by atoms with van der Waals surface area (Å²) in [6.45, 7) is 3.11. The van der Waals surface area contributed by atoms with Crippen LogP contribution < -0.4 is 4.74 Å². The summed E-state index contributed by atoms with van der Waals surface area (Å²) < 4.78 is 53.4. The Bertz CT molecular complexity index is 953. The van der Waals surface area contributed by atoms with Crippen molar-refractivity contribution in [1.82, 2.24) is 15.0 Å². The molecule has 0 saturated carbocycles. The number of methoxy groups -OCH3 is 1. The molecule has 1 spiro atoms. The summed E-state index contributed by atoms with van der Waals surface area (Å²) in [5, 5.41) is 4.24. The maximum Gasteiger partial charge on any atom is 0.425 e. The van der Waals surface area contributed by atoms with Crippen molar-refractivity contribution < 1.29 is 32.0 Å². The minimum atomic E-state index is -4.56. The second kappa shape index (κ2) is 9.24. The quantitative estimate of drug-likeness (QED) is 0.625. The lowest BCUT2D eigenvalue weighted by atomic mass is 9.85. The number of hydrogen-bond acceptors (Lipinski definition) is 6. The van der Waals surface area contributed by atoms with Gasteiger partial charge < -0.3 is 18.9 Å². The molecule has 1 atom stereocenters. The topological polar surface area (TPSA) is 68.0 Å². The molecule has 2 aromatic rings. The molecule has 7 nitrogen and oxygen atoms in total. The molecule has 0 aliphatic carbocycles. The molecule has 33 heavy (non-hydrogen) atoms. The van der Waals surface area contributed by atoms with Gasteiger partial charge in [0.05, 0.1) is 12.8 Å². The monoisotopic (exact) mass is 467 g/mol. The molecule has 2 fully saturated rings. The van der Waals surface area contributed by atoms with E-state index in [0.717, 1.165) is 43.3 Å². The second-order valence-corrected chi connectivity index (χ2v) is 8.72. The molecule has 0 radical (unpaired) electrons. The lowest BCUT2D eigenvalue weighted by molar-refractivity contribution is -0.200. The molecule has 4 rings (SSSR count). The largest absolute Gasteiger partial charge is 0.497 e. The van der Waals surface area contributed by atoms with Crippen LogP contribution in [0.3, 0.4) is 0 Å². The standard InChI is InChI=1S/C23H28F3N3O4/c1-16(23(24,25)26)32-21(30)28-12-9-22(10-13-28)8-3-11-29(22)15-18-14-20(33-27-18)17-4-6-19(31-2)7-5-17/h4-7,14,16H,3,8-13,15H2,1-2H3. The average molecular weight is 467 g/mol. The first-order chi connectivity index (χ1) is 15.7. The zero-order valence-electron chi connectivity index (χ0n) is 18.7. The van der Waals surface area contributed by atoms with Crippen molar-refractivity contribution >= 4 is 6.09 Å². The molecule has 0 N–H and O–H groups in total. The van der Waals surface area contributed by atoms with E-state index in [0.29, 0.717) is 38.2 Å². The van der Waals surface area contributed by atoms with Gasteiger partial charge >= 0.3 is 12.3 Å². The molecule has 10 heteroatoms. The summed E-state index contributed by atoms with van der Waals surface area (Å²) in [5.41, 5.74) is 1.64. The number of piperidine rings is 1. The summed E-state index contributed by atoms with van der Waals surface area (Å²) in [6, 6.07) is 9.48. The smallest absolute Gasteiger partial charge is 0.425 e. The highest BCUT2D eigenvalue weighted by molar-refractivity contribution is 5.68. The van der Waals surface area contributed by atoms with Crippen LogP contribution in [0.5, 0.6) is 5.75 Å². The van der Waals surface area contributed by atoms with E-state index < -0.39 is 18.4 Å². The molecule has 180 valence electrons. The first-order valence-electron chi connectivity index (χ1n) is 11.1. The average Bonchev–Trinajstić information content (AvgIpc) is 3.41. The van der Waals surface area contributed by atoms with E-state index in [4.69, 9.17) is 9.26 Å². The van der Waals surface area contributed by atoms with Crippen molar-refractivity contribution in [1.29, 1.82) is 0 Å². The molecule has 1 unspecified atom stereocenters. The highest BCUT2D eigenvalue weighted by Crippen LogP contribution is 2.40. The lowest BCUT2D eigenvalue weighted by Crippen LogP contribution is -2.53. The predicted molar refractivity (Wildman–Crippen MR) is 114 cm³/mol. The van der Waals surface area contributed by atoms with Gasteiger partial charge in [0.1, 0.15) is 5.75 Å². The second-order valence-electron chi connectivity index (χ2n) is 8.72. The molecule has 2 saturated heterocycles. The van der Waals surface area contributed by atoms with Gasteiger partial charge in [-0.3, -0.25) is 4.90 Å². The van der Waals surface area contributed by atoms with Gasteiger partial charge in [0.15, 0.2) is 11.9 Å². The van der Waals surface area contributed by atoms with Gasteiger partial charge in [-0.2, -0.15) is 13.2 Å². The van der Waals surface area contributed by atoms with Gasteiger partial charge in [-0.25, -0.2) is 4.79 Å². The van der Waals surface area contributed by atoms with E-state index in [2.05, 4.69) is 14.8 Å². The maximum atomic E-state index is 12.7. The van der Waals surface area contributed by atoms with Crippen LogP contribution in [0.4, 0.5) is 18.0 Å². The third-order valence-corrected chi connectivity index (χ3v) is 6.72. The number of nitrogens with zero attached hydrogens (tertiary/aromatic N) is 3. The van der Waals surface area contributed by atoms with Gasteiger partial charge in [-0.05, 0) is 63.4 Å². The van der Waals surface area contributed by atoms with Crippen LogP contribution in [0.25, 0.3) is 11.3 Å². The first kappa shape index (κ1) is 23.4. The van der Waals surface area contributed by atoms with Crippen LogP contribution >= 0.6 is 0 Å². The molecule has 1 aromatic heterocycles. The van der Waals surface area contributed by atoms with Crippen molar-refractivity contribution in [2.45, 2.75) is 57.0 Å². The SMILES string of the molecule is COc1ccc(-c2cc(CN3CCCC34CCN(C(=O)OC(C)C(F)(F)F)CC4)no2)cc1. The summed E-state index contributed by atoms with van der Waals surface area (Å²) in [6.07, 6.45) is -4.19.